The largest absolute Gasteiger partial charge is 0.379 e. The van der Waals surface area contributed by atoms with Gasteiger partial charge in [0.2, 0.25) is 0 Å². The van der Waals surface area contributed by atoms with Crippen LogP contribution in [-0.4, -0.2) is 17.1 Å². The van der Waals surface area contributed by atoms with Gasteiger partial charge in [-0.25, -0.2) is 0 Å². The molecule has 0 atom stereocenters. The molecular weight excluding hydrogens is 174 g/mol. The topological polar surface area (TPSA) is 50.9 Å². The molecule has 0 aliphatic carbocycles. The van der Waals surface area contributed by atoms with Gasteiger partial charge in [0.15, 0.2) is 0 Å². The van der Waals surface area contributed by atoms with E-state index in [-0.39, 0.29) is 5.54 Å². The van der Waals surface area contributed by atoms with Gasteiger partial charge in [-0.15, -0.1) is 0 Å². The highest BCUT2D eigenvalue weighted by atomic mass is 15.0. The first kappa shape index (κ1) is 11.0. The highest BCUT2D eigenvalue weighted by Crippen LogP contribution is 2.14. The summed E-state index contributed by atoms with van der Waals surface area (Å²) < 4.78 is 0. The summed E-state index contributed by atoms with van der Waals surface area (Å²) in [5.41, 5.74) is 7.77. The van der Waals surface area contributed by atoms with Crippen molar-refractivity contribution in [1.82, 2.24) is 4.98 Å². The summed E-state index contributed by atoms with van der Waals surface area (Å²) in [6, 6.07) is 4.04. The van der Waals surface area contributed by atoms with Crippen LogP contribution in [0.25, 0.3) is 0 Å². The molecule has 0 aromatic carbocycles. The van der Waals surface area contributed by atoms with Crippen molar-refractivity contribution >= 4 is 5.69 Å². The van der Waals surface area contributed by atoms with Gasteiger partial charge in [0.1, 0.15) is 0 Å². The number of nitrogens with one attached hydrogen (secondary N) is 1. The molecule has 3 N–H and O–H groups in total. The van der Waals surface area contributed by atoms with Crippen molar-refractivity contribution < 1.29 is 0 Å². The third-order valence-electron chi connectivity index (χ3n) is 2.17. The number of hydrogen-bond donors (Lipinski definition) is 2. The maximum Gasteiger partial charge on any atom is 0.0439 e. The lowest BCUT2D eigenvalue weighted by molar-refractivity contribution is 0.580. The minimum Gasteiger partial charge on any atom is -0.379 e. The molecule has 0 amide bonds. The molecule has 0 saturated carbocycles. The zero-order valence-corrected chi connectivity index (χ0v) is 9.17. The van der Waals surface area contributed by atoms with E-state index in [1.54, 1.807) is 0 Å². The van der Waals surface area contributed by atoms with Crippen LogP contribution in [-0.2, 0) is 6.42 Å². The maximum atomic E-state index is 5.65. The van der Waals surface area contributed by atoms with E-state index in [4.69, 9.17) is 5.73 Å². The molecule has 1 heterocycles. The van der Waals surface area contributed by atoms with Gasteiger partial charge in [0.05, 0.1) is 0 Å². The second-order valence-corrected chi connectivity index (χ2v) is 4.10. The molecule has 0 fully saturated rings. The molecule has 0 radical (unpaired) electrons. The summed E-state index contributed by atoms with van der Waals surface area (Å²) >= 11 is 0. The van der Waals surface area contributed by atoms with E-state index in [0.29, 0.717) is 6.54 Å². The van der Waals surface area contributed by atoms with E-state index in [1.807, 2.05) is 12.3 Å². The standard InChI is InChI=1S/C11H19N3/c1-4-9-7-10(5-6-13-9)14-11(2,3)8-12/h5-7H,4,8,12H2,1-3H3,(H,13,14). The quantitative estimate of drug-likeness (QED) is 0.766. The van der Waals surface area contributed by atoms with Gasteiger partial charge in [-0.2, -0.15) is 0 Å². The van der Waals surface area contributed by atoms with Crippen molar-refractivity contribution in [3.63, 3.8) is 0 Å². The Bertz CT molecular complexity index is 294. The molecule has 3 heteroatoms. The van der Waals surface area contributed by atoms with Crippen LogP contribution in [0, 0.1) is 0 Å². The zero-order valence-electron chi connectivity index (χ0n) is 9.17. The molecule has 0 aliphatic heterocycles. The van der Waals surface area contributed by atoms with Crippen LogP contribution in [0.1, 0.15) is 26.5 Å². The predicted molar refractivity (Wildman–Crippen MR) is 60.4 cm³/mol. The number of rotatable bonds is 4. The number of aryl methyl sites for hydroxylation is 1. The molecule has 1 aromatic heterocycles. The number of nitrogens with two attached hydrogens (primary N) is 1. The Morgan fingerprint density at radius 2 is 2.21 bits per heavy atom. The Morgan fingerprint density at radius 3 is 2.79 bits per heavy atom. The normalized spacial score (nSPS) is 11.4. The molecule has 1 aromatic rings. The lowest BCUT2D eigenvalue weighted by atomic mass is 10.1. The predicted octanol–water partition coefficient (Wildman–Crippen LogP) is 1.79. The van der Waals surface area contributed by atoms with Gasteiger partial charge >= 0.3 is 0 Å². The number of nitrogens with zero attached hydrogens (tertiary/aromatic N) is 1. The number of pyridine rings is 1. The van der Waals surface area contributed by atoms with Gasteiger partial charge in [-0.1, -0.05) is 6.92 Å². The summed E-state index contributed by atoms with van der Waals surface area (Å²) in [6.45, 7) is 6.87. The SMILES string of the molecule is CCc1cc(NC(C)(C)CN)ccn1. The Kier molecular flexibility index (Phi) is 3.47. The summed E-state index contributed by atoms with van der Waals surface area (Å²) in [4.78, 5) is 4.24. The lowest BCUT2D eigenvalue weighted by Gasteiger charge is -2.25. The molecule has 3 nitrogen and oxygen atoms in total. The van der Waals surface area contributed by atoms with Crippen LogP contribution in [0.4, 0.5) is 5.69 Å². The van der Waals surface area contributed by atoms with Gasteiger partial charge < -0.3 is 11.1 Å². The zero-order chi connectivity index (χ0) is 10.6. The minimum absolute atomic E-state index is 0.0631. The molecule has 0 aliphatic rings. The van der Waals surface area contributed by atoms with Crippen molar-refractivity contribution in [3.8, 4) is 0 Å². The van der Waals surface area contributed by atoms with E-state index in [1.165, 1.54) is 0 Å². The Balaban J connectivity index is 2.76. The average Bonchev–Trinajstić information content (AvgIpc) is 2.17. The molecule has 14 heavy (non-hydrogen) atoms. The Morgan fingerprint density at radius 1 is 1.50 bits per heavy atom. The van der Waals surface area contributed by atoms with Gasteiger partial charge in [-0.05, 0) is 32.4 Å². The third kappa shape index (κ3) is 3.00. The second kappa shape index (κ2) is 4.42. The molecule has 0 bridgehead atoms. The van der Waals surface area contributed by atoms with E-state index < -0.39 is 0 Å². The van der Waals surface area contributed by atoms with Crippen molar-refractivity contribution in [3.05, 3.63) is 24.0 Å². The molecular formula is C11H19N3. The van der Waals surface area contributed by atoms with E-state index >= 15 is 0 Å². The van der Waals surface area contributed by atoms with E-state index in [9.17, 15) is 0 Å². The van der Waals surface area contributed by atoms with E-state index in [0.717, 1.165) is 17.8 Å². The fourth-order valence-electron chi connectivity index (χ4n) is 1.19. The van der Waals surface area contributed by atoms with Crippen LogP contribution < -0.4 is 11.1 Å². The maximum absolute atomic E-state index is 5.65. The van der Waals surface area contributed by atoms with Crippen LogP contribution in [0.3, 0.4) is 0 Å². The molecule has 1 rings (SSSR count). The molecule has 0 unspecified atom stereocenters. The molecule has 0 spiro atoms. The molecule has 78 valence electrons. The van der Waals surface area contributed by atoms with Crippen LogP contribution in [0.2, 0.25) is 0 Å². The van der Waals surface area contributed by atoms with Gasteiger partial charge in [0.25, 0.3) is 0 Å². The van der Waals surface area contributed by atoms with Crippen LogP contribution in [0.5, 0.6) is 0 Å². The highest BCUT2D eigenvalue weighted by molar-refractivity contribution is 5.45. The van der Waals surface area contributed by atoms with Crippen molar-refractivity contribution in [1.29, 1.82) is 0 Å². The summed E-state index contributed by atoms with van der Waals surface area (Å²) in [5.74, 6) is 0. The van der Waals surface area contributed by atoms with Gasteiger partial charge in [0, 0.05) is 29.7 Å². The Labute approximate surface area is 85.7 Å². The van der Waals surface area contributed by atoms with E-state index in [2.05, 4.69) is 37.1 Å². The first-order valence-corrected chi connectivity index (χ1v) is 5.00. The smallest absolute Gasteiger partial charge is 0.0439 e. The van der Waals surface area contributed by atoms with Crippen LogP contribution >= 0.6 is 0 Å². The monoisotopic (exact) mass is 193 g/mol. The Hall–Kier alpha value is -1.09. The van der Waals surface area contributed by atoms with Gasteiger partial charge in [-0.3, -0.25) is 4.98 Å². The second-order valence-electron chi connectivity index (χ2n) is 4.10. The summed E-state index contributed by atoms with van der Waals surface area (Å²) in [6.07, 6.45) is 2.78. The highest BCUT2D eigenvalue weighted by Gasteiger charge is 2.14. The third-order valence-corrected chi connectivity index (χ3v) is 2.17. The minimum atomic E-state index is -0.0631. The van der Waals surface area contributed by atoms with Crippen molar-refractivity contribution in [2.45, 2.75) is 32.7 Å². The number of hydrogen-bond acceptors (Lipinski definition) is 3. The first-order valence-electron chi connectivity index (χ1n) is 5.00. The van der Waals surface area contributed by atoms with Crippen LogP contribution in [0.15, 0.2) is 18.3 Å². The average molecular weight is 193 g/mol. The first-order chi connectivity index (χ1) is 6.57. The summed E-state index contributed by atoms with van der Waals surface area (Å²) in [7, 11) is 0. The van der Waals surface area contributed by atoms with Crippen molar-refractivity contribution in [2.24, 2.45) is 5.73 Å². The fraction of sp³-hybridized carbons (Fsp3) is 0.545. The summed E-state index contributed by atoms with van der Waals surface area (Å²) in [5, 5.41) is 3.38. The van der Waals surface area contributed by atoms with Crippen molar-refractivity contribution in [2.75, 3.05) is 11.9 Å². The lowest BCUT2D eigenvalue weighted by Crippen LogP contribution is -2.39. The number of aromatic nitrogens is 1. The number of anilines is 1. The fourth-order valence-corrected chi connectivity index (χ4v) is 1.19. The molecule has 0 saturated heterocycles.